The predicted molar refractivity (Wildman–Crippen MR) is 72.3 cm³/mol. The third-order valence-electron chi connectivity index (χ3n) is 2.66. The second-order valence-electron chi connectivity index (χ2n) is 4.27. The monoisotopic (exact) mass is 245 g/mol. The molecule has 1 aromatic heterocycles. The number of rotatable bonds is 6. The number of aromatic nitrogens is 2. The molecule has 2 aromatic rings. The second kappa shape index (κ2) is 6.21. The van der Waals surface area contributed by atoms with Crippen LogP contribution in [-0.4, -0.2) is 30.0 Å². The molecule has 1 heterocycles. The molecule has 0 bridgehead atoms. The standard InChI is InChI=1S/C14H19N3O/c1-12-5-3-6-13(9-12)17-11-14(10-16-17)18-8-4-7-15-2/h3,5-6,9-11,15H,4,7-8H2,1-2H3. The summed E-state index contributed by atoms with van der Waals surface area (Å²) in [6.07, 6.45) is 4.65. The van der Waals surface area contributed by atoms with Crippen molar-refractivity contribution in [2.45, 2.75) is 13.3 Å². The third-order valence-corrected chi connectivity index (χ3v) is 2.66. The van der Waals surface area contributed by atoms with E-state index in [1.54, 1.807) is 6.20 Å². The summed E-state index contributed by atoms with van der Waals surface area (Å²) in [6.45, 7) is 3.74. The molecule has 2 rings (SSSR count). The normalized spacial score (nSPS) is 10.6. The van der Waals surface area contributed by atoms with E-state index in [2.05, 4.69) is 29.5 Å². The van der Waals surface area contributed by atoms with Gasteiger partial charge in [0.15, 0.2) is 5.75 Å². The fourth-order valence-corrected chi connectivity index (χ4v) is 1.73. The van der Waals surface area contributed by atoms with E-state index in [1.807, 2.05) is 30.1 Å². The van der Waals surface area contributed by atoms with Gasteiger partial charge in [-0.2, -0.15) is 5.10 Å². The molecular formula is C14H19N3O. The smallest absolute Gasteiger partial charge is 0.157 e. The van der Waals surface area contributed by atoms with Gasteiger partial charge in [-0.15, -0.1) is 0 Å². The highest BCUT2D eigenvalue weighted by molar-refractivity contribution is 5.35. The molecule has 0 amide bonds. The Morgan fingerprint density at radius 2 is 2.28 bits per heavy atom. The van der Waals surface area contributed by atoms with Crippen molar-refractivity contribution < 1.29 is 4.74 Å². The Kier molecular flexibility index (Phi) is 4.36. The van der Waals surface area contributed by atoms with Gasteiger partial charge in [0, 0.05) is 0 Å². The van der Waals surface area contributed by atoms with Gasteiger partial charge in [-0.3, -0.25) is 0 Å². The van der Waals surface area contributed by atoms with Crippen LogP contribution in [0.1, 0.15) is 12.0 Å². The number of ether oxygens (including phenoxy) is 1. The average Bonchev–Trinajstić information content (AvgIpc) is 2.83. The van der Waals surface area contributed by atoms with Crippen LogP contribution in [0.25, 0.3) is 5.69 Å². The molecule has 4 heteroatoms. The highest BCUT2D eigenvalue weighted by Gasteiger charge is 2.01. The zero-order valence-electron chi connectivity index (χ0n) is 10.9. The van der Waals surface area contributed by atoms with Crippen LogP contribution in [0.2, 0.25) is 0 Å². The fraction of sp³-hybridized carbons (Fsp3) is 0.357. The van der Waals surface area contributed by atoms with E-state index < -0.39 is 0 Å². The van der Waals surface area contributed by atoms with E-state index in [9.17, 15) is 0 Å². The van der Waals surface area contributed by atoms with Gasteiger partial charge >= 0.3 is 0 Å². The number of hydrogen-bond acceptors (Lipinski definition) is 3. The van der Waals surface area contributed by atoms with Crippen molar-refractivity contribution in [2.75, 3.05) is 20.2 Å². The van der Waals surface area contributed by atoms with Gasteiger partial charge in [0.05, 0.1) is 24.7 Å². The molecule has 0 aliphatic rings. The lowest BCUT2D eigenvalue weighted by atomic mass is 10.2. The Bertz CT molecular complexity index is 493. The molecule has 4 nitrogen and oxygen atoms in total. The van der Waals surface area contributed by atoms with Crippen LogP contribution in [0.4, 0.5) is 0 Å². The summed E-state index contributed by atoms with van der Waals surface area (Å²) >= 11 is 0. The van der Waals surface area contributed by atoms with Crippen LogP contribution in [0, 0.1) is 6.92 Å². The van der Waals surface area contributed by atoms with Crippen molar-refractivity contribution in [1.29, 1.82) is 0 Å². The minimum atomic E-state index is 0.709. The number of benzene rings is 1. The summed E-state index contributed by atoms with van der Waals surface area (Å²) in [5.41, 5.74) is 2.28. The predicted octanol–water partition coefficient (Wildman–Crippen LogP) is 2.17. The first-order valence-corrected chi connectivity index (χ1v) is 6.19. The summed E-state index contributed by atoms with van der Waals surface area (Å²) in [7, 11) is 1.94. The lowest BCUT2D eigenvalue weighted by Crippen LogP contribution is -2.11. The molecule has 0 saturated carbocycles. The molecular weight excluding hydrogens is 226 g/mol. The molecule has 0 unspecified atom stereocenters. The maximum absolute atomic E-state index is 5.62. The minimum Gasteiger partial charge on any atom is -0.490 e. The van der Waals surface area contributed by atoms with E-state index in [-0.39, 0.29) is 0 Å². The van der Waals surface area contributed by atoms with Crippen molar-refractivity contribution in [1.82, 2.24) is 15.1 Å². The Hall–Kier alpha value is -1.81. The molecule has 0 aliphatic carbocycles. The quantitative estimate of drug-likeness (QED) is 0.793. The maximum atomic E-state index is 5.62. The first-order chi connectivity index (χ1) is 8.79. The molecule has 0 saturated heterocycles. The van der Waals surface area contributed by atoms with Gasteiger partial charge in [0.1, 0.15) is 0 Å². The van der Waals surface area contributed by atoms with E-state index in [4.69, 9.17) is 4.74 Å². The first kappa shape index (κ1) is 12.6. The summed E-state index contributed by atoms with van der Waals surface area (Å²) < 4.78 is 7.45. The largest absolute Gasteiger partial charge is 0.490 e. The van der Waals surface area contributed by atoms with Gasteiger partial charge in [-0.25, -0.2) is 4.68 Å². The molecule has 0 spiro atoms. The van der Waals surface area contributed by atoms with E-state index in [0.717, 1.165) is 24.4 Å². The van der Waals surface area contributed by atoms with Gasteiger partial charge in [-0.1, -0.05) is 12.1 Å². The Balaban J connectivity index is 1.97. The van der Waals surface area contributed by atoms with Crippen LogP contribution >= 0.6 is 0 Å². The summed E-state index contributed by atoms with van der Waals surface area (Å²) in [6, 6.07) is 8.23. The van der Waals surface area contributed by atoms with Gasteiger partial charge in [-0.05, 0) is 44.6 Å². The number of hydrogen-bond donors (Lipinski definition) is 1. The van der Waals surface area contributed by atoms with Crippen LogP contribution in [0.3, 0.4) is 0 Å². The Morgan fingerprint density at radius 1 is 1.39 bits per heavy atom. The van der Waals surface area contributed by atoms with Gasteiger partial charge in [0.2, 0.25) is 0 Å². The third kappa shape index (κ3) is 3.34. The average molecular weight is 245 g/mol. The van der Waals surface area contributed by atoms with Gasteiger partial charge < -0.3 is 10.1 Å². The Morgan fingerprint density at radius 3 is 3.06 bits per heavy atom. The number of nitrogens with zero attached hydrogens (tertiary/aromatic N) is 2. The fourth-order valence-electron chi connectivity index (χ4n) is 1.73. The van der Waals surface area contributed by atoms with Crippen molar-refractivity contribution in [3.63, 3.8) is 0 Å². The van der Waals surface area contributed by atoms with E-state index in [1.165, 1.54) is 5.56 Å². The maximum Gasteiger partial charge on any atom is 0.157 e. The molecule has 0 fully saturated rings. The Labute approximate surface area is 108 Å². The SMILES string of the molecule is CNCCCOc1cnn(-c2cccc(C)c2)c1. The molecule has 1 N–H and O–H groups in total. The van der Waals surface area contributed by atoms with Crippen LogP contribution in [-0.2, 0) is 0 Å². The van der Waals surface area contributed by atoms with Gasteiger partial charge in [0.25, 0.3) is 0 Å². The number of aryl methyl sites for hydroxylation is 1. The van der Waals surface area contributed by atoms with Crippen LogP contribution < -0.4 is 10.1 Å². The molecule has 18 heavy (non-hydrogen) atoms. The van der Waals surface area contributed by atoms with Crippen molar-refractivity contribution in [2.24, 2.45) is 0 Å². The lowest BCUT2D eigenvalue weighted by Gasteiger charge is -2.03. The molecule has 0 aliphatic heterocycles. The zero-order valence-corrected chi connectivity index (χ0v) is 10.9. The van der Waals surface area contributed by atoms with E-state index in [0.29, 0.717) is 6.61 Å². The molecule has 96 valence electrons. The second-order valence-corrected chi connectivity index (χ2v) is 4.27. The molecule has 0 atom stereocenters. The van der Waals surface area contributed by atoms with Crippen LogP contribution in [0.15, 0.2) is 36.7 Å². The first-order valence-electron chi connectivity index (χ1n) is 6.19. The van der Waals surface area contributed by atoms with Crippen molar-refractivity contribution >= 4 is 0 Å². The zero-order chi connectivity index (χ0) is 12.8. The highest BCUT2D eigenvalue weighted by atomic mass is 16.5. The van der Waals surface area contributed by atoms with Crippen LogP contribution in [0.5, 0.6) is 5.75 Å². The lowest BCUT2D eigenvalue weighted by molar-refractivity contribution is 0.309. The summed E-state index contributed by atoms with van der Waals surface area (Å²) in [4.78, 5) is 0. The molecule has 1 aromatic carbocycles. The van der Waals surface area contributed by atoms with E-state index >= 15 is 0 Å². The number of nitrogens with one attached hydrogen (secondary N) is 1. The minimum absolute atomic E-state index is 0.709. The topological polar surface area (TPSA) is 39.1 Å². The van der Waals surface area contributed by atoms with Crippen molar-refractivity contribution in [3.8, 4) is 11.4 Å². The van der Waals surface area contributed by atoms with Crippen molar-refractivity contribution in [3.05, 3.63) is 42.2 Å². The summed E-state index contributed by atoms with van der Waals surface area (Å²) in [5, 5.41) is 7.39. The molecule has 0 radical (unpaired) electrons. The summed E-state index contributed by atoms with van der Waals surface area (Å²) in [5.74, 6) is 0.813. The highest BCUT2D eigenvalue weighted by Crippen LogP contribution is 2.14.